The van der Waals surface area contributed by atoms with Gasteiger partial charge in [0.1, 0.15) is 11.9 Å². The Morgan fingerprint density at radius 2 is 1.81 bits per heavy atom. The highest BCUT2D eigenvalue weighted by molar-refractivity contribution is 6.30. The summed E-state index contributed by atoms with van der Waals surface area (Å²) in [5, 5.41) is 10.9. The summed E-state index contributed by atoms with van der Waals surface area (Å²) in [5.74, 6) is 2.75. The number of fused-ring (bicyclic) bond motifs is 1. The highest BCUT2D eigenvalue weighted by Crippen LogP contribution is 2.52. The first kappa shape index (κ1) is 17.7. The van der Waals surface area contributed by atoms with Gasteiger partial charge in [-0.1, -0.05) is 11.6 Å². The lowest BCUT2D eigenvalue weighted by Gasteiger charge is -2.45. The topological polar surface area (TPSA) is 75.6 Å². The summed E-state index contributed by atoms with van der Waals surface area (Å²) in [7, 11) is 0. The minimum absolute atomic E-state index is 0.0288. The van der Waals surface area contributed by atoms with E-state index in [1.54, 1.807) is 17.3 Å². The minimum Gasteiger partial charge on any atom is -0.446 e. The van der Waals surface area contributed by atoms with Crippen molar-refractivity contribution >= 4 is 17.7 Å². The van der Waals surface area contributed by atoms with Crippen LogP contribution in [0.2, 0.25) is 5.02 Å². The van der Waals surface area contributed by atoms with Gasteiger partial charge in [0, 0.05) is 31.4 Å². The molecule has 2 heterocycles. The van der Waals surface area contributed by atoms with Gasteiger partial charge in [0.05, 0.1) is 11.1 Å². The third-order valence-electron chi connectivity index (χ3n) is 7.22. The first-order chi connectivity index (χ1) is 13.1. The number of rotatable bonds is 2. The van der Waals surface area contributed by atoms with Crippen LogP contribution in [0, 0.1) is 23.7 Å². The summed E-state index contributed by atoms with van der Waals surface area (Å²) in [6.45, 7) is 1.29. The lowest BCUT2D eigenvalue weighted by molar-refractivity contribution is -0.0619. The molecule has 146 valence electrons. The molecule has 0 radical (unpaired) electrons. The van der Waals surface area contributed by atoms with Crippen LogP contribution in [-0.2, 0) is 4.74 Å². The molecule has 1 aromatic heterocycles. The van der Waals surface area contributed by atoms with E-state index < -0.39 is 0 Å². The lowest BCUT2D eigenvalue weighted by Crippen LogP contribution is -2.46. The average Bonchev–Trinajstić information content (AvgIpc) is 3.04. The smallest absolute Gasteiger partial charge is 0.410 e. The Balaban J connectivity index is 1.22. The molecule has 4 saturated carbocycles. The van der Waals surface area contributed by atoms with E-state index in [-0.39, 0.29) is 24.2 Å². The zero-order valence-electron chi connectivity index (χ0n) is 15.3. The molecular weight excluding hydrogens is 366 g/mol. The zero-order chi connectivity index (χ0) is 18.5. The maximum Gasteiger partial charge on any atom is 0.410 e. The molecule has 0 aromatic carbocycles. The van der Waals surface area contributed by atoms with Gasteiger partial charge in [-0.3, -0.25) is 0 Å². The number of hydrogen-bond acceptors (Lipinski definition) is 5. The number of carbonyl (C=O) groups is 1. The first-order valence-electron chi connectivity index (χ1n) is 10.2. The van der Waals surface area contributed by atoms with E-state index in [1.165, 1.54) is 0 Å². The molecular formula is C20H26ClN3O3. The minimum atomic E-state index is -0.192. The molecule has 1 saturated heterocycles. The number of aliphatic hydroxyl groups is 1. The van der Waals surface area contributed by atoms with Crippen molar-refractivity contribution in [2.75, 3.05) is 13.1 Å². The molecule has 1 aliphatic heterocycles. The lowest BCUT2D eigenvalue weighted by atomic mass is 9.65. The number of amides is 1. The highest BCUT2D eigenvalue weighted by atomic mass is 35.5. The Labute approximate surface area is 164 Å². The van der Waals surface area contributed by atoms with Crippen LogP contribution in [0.25, 0.3) is 0 Å². The second kappa shape index (κ2) is 6.89. The fraction of sp³-hybridized carbons (Fsp3) is 0.750. The predicted octanol–water partition coefficient (Wildman–Crippen LogP) is 3.24. The second-order valence-corrected chi connectivity index (χ2v) is 9.37. The first-order valence-corrected chi connectivity index (χ1v) is 10.6. The van der Waals surface area contributed by atoms with Crippen molar-refractivity contribution in [3.05, 3.63) is 23.2 Å². The second-order valence-electron chi connectivity index (χ2n) is 8.93. The Kier molecular flexibility index (Phi) is 4.51. The standard InChI is InChI=1S/C20H26ClN3O3/c21-16-8-22-19(23-9-16)12-1-2-24(10-12)20(26)27-18-14-3-11-4-15(18)7-13(6-14)17(25)5-11/h8-9,11-15,17-18,25H,1-7,10H2. The molecule has 0 spiro atoms. The zero-order valence-corrected chi connectivity index (χ0v) is 16.1. The number of ether oxygens (including phenoxy) is 1. The quantitative estimate of drug-likeness (QED) is 0.837. The van der Waals surface area contributed by atoms with E-state index in [0.717, 1.165) is 44.3 Å². The fourth-order valence-corrected chi connectivity index (χ4v) is 6.13. The predicted molar refractivity (Wildman–Crippen MR) is 99.3 cm³/mol. The molecule has 1 aromatic rings. The van der Waals surface area contributed by atoms with Crippen molar-refractivity contribution in [1.82, 2.24) is 14.9 Å². The van der Waals surface area contributed by atoms with Crippen LogP contribution in [0.15, 0.2) is 12.4 Å². The number of hydrogen-bond donors (Lipinski definition) is 1. The van der Waals surface area contributed by atoms with Crippen molar-refractivity contribution < 1.29 is 14.6 Å². The SMILES string of the molecule is O=C(OC1C2CC3CC(O)C(C2)CC1C3)N1CCC(c2ncc(Cl)cn2)C1. The van der Waals surface area contributed by atoms with Crippen LogP contribution in [0.4, 0.5) is 4.79 Å². The summed E-state index contributed by atoms with van der Waals surface area (Å²) in [6.07, 6.45) is 8.91. The molecule has 4 atom stereocenters. The maximum atomic E-state index is 12.8. The summed E-state index contributed by atoms with van der Waals surface area (Å²) in [6, 6.07) is 0. The maximum absolute atomic E-state index is 12.8. The van der Waals surface area contributed by atoms with Gasteiger partial charge in [0.15, 0.2) is 0 Å². The van der Waals surface area contributed by atoms with E-state index in [4.69, 9.17) is 16.3 Å². The van der Waals surface area contributed by atoms with Crippen molar-refractivity contribution in [2.24, 2.45) is 23.7 Å². The largest absolute Gasteiger partial charge is 0.446 e. The van der Waals surface area contributed by atoms with Gasteiger partial charge in [-0.05, 0) is 62.2 Å². The molecule has 1 N–H and O–H groups in total. The van der Waals surface area contributed by atoms with Gasteiger partial charge in [0.25, 0.3) is 0 Å². The monoisotopic (exact) mass is 391 g/mol. The number of aromatic nitrogens is 2. The number of halogens is 1. The van der Waals surface area contributed by atoms with Crippen LogP contribution in [0.3, 0.4) is 0 Å². The Morgan fingerprint density at radius 3 is 2.52 bits per heavy atom. The summed E-state index contributed by atoms with van der Waals surface area (Å²) >= 11 is 5.86. The molecule has 6 nitrogen and oxygen atoms in total. The van der Waals surface area contributed by atoms with Crippen molar-refractivity contribution in [3.63, 3.8) is 0 Å². The van der Waals surface area contributed by atoms with Gasteiger partial charge < -0.3 is 14.7 Å². The molecule has 5 aliphatic rings. The van der Waals surface area contributed by atoms with Crippen LogP contribution in [0.1, 0.15) is 50.3 Å². The van der Waals surface area contributed by atoms with E-state index in [9.17, 15) is 9.90 Å². The van der Waals surface area contributed by atoms with E-state index in [2.05, 4.69) is 9.97 Å². The van der Waals surface area contributed by atoms with Crippen LogP contribution < -0.4 is 0 Å². The molecule has 4 unspecified atom stereocenters. The van der Waals surface area contributed by atoms with Gasteiger partial charge in [-0.2, -0.15) is 0 Å². The van der Waals surface area contributed by atoms with Gasteiger partial charge >= 0.3 is 6.09 Å². The average molecular weight is 392 g/mol. The van der Waals surface area contributed by atoms with Gasteiger partial charge in [-0.15, -0.1) is 0 Å². The summed E-state index contributed by atoms with van der Waals surface area (Å²) in [4.78, 5) is 23.2. The van der Waals surface area contributed by atoms with Crippen LogP contribution in [0.5, 0.6) is 0 Å². The fourth-order valence-electron chi connectivity index (χ4n) is 6.03. The van der Waals surface area contributed by atoms with E-state index in [0.29, 0.717) is 41.8 Å². The number of likely N-dealkylation sites (tertiary alicyclic amines) is 1. The van der Waals surface area contributed by atoms with Gasteiger partial charge in [-0.25, -0.2) is 14.8 Å². The Morgan fingerprint density at radius 1 is 1.11 bits per heavy atom. The van der Waals surface area contributed by atoms with E-state index in [1.807, 2.05) is 0 Å². The summed E-state index contributed by atoms with van der Waals surface area (Å²) in [5.41, 5.74) is 0. The van der Waals surface area contributed by atoms with Crippen LogP contribution >= 0.6 is 11.6 Å². The van der Waals surface area contributed by atoms with Crippen molar-refractivity contribution in [1.29, 1.82) is 0 Å². The summed E-state index contributed by atoms with van der Waals surface area (Å²) < 4.78 is 6.05. The molecule has 27 heavy (non-hydrogen) atoms. The van der Waals surface area contributed by atoms with Crippen molar-refractivity contribution in [2.45, 2.75) is 56.7 Å². The Hall–Kier alpha value is -1.40. The number of nitrogens with zero attached hydrogens (tertiary/aromatic N) is 3. The Bertz CT molecular complexity index is 699. The third-order valence-corrected chi connectivity index (χ3v) is 7.42. The third kappa shape index (κ3) is 3.31. The molecule has 1 amide bonds. The molecule has 4 aliphatic carbocycles. The molecule has 7 heteroatoms. The van der Waals surface area contributed by atoms with Crippen LogP contribution in [-0.4, -0.2) is 51.4 Å². The number of carbonyl (C=O) groups excluding carboxylic acids is 1. The van der Waals surface area contributed by atoms with Crippen molar-refractivity contribution in [3.8, 4) is 0 Å². The molecule has 4 bridgehead atoms. The molecule has 5 fully saturated rings. The van der Waals surface area contributed by atoms with Gasteiger partial charge in [0.2, 0.25) is 0 Å². The molecule has 6 rings (SSSR count). The highest BCUT2D eigenvalue weighted by Gasteiger charge is 2.50. The normalized spacial score (nSPS) is 40.2. The van der Waals surface area contributed by atoms with E-state index >= 15 is 0 Å². The number of aliphatic hydroxyl groups excluding tert-OH is 1.